The van der Waals surface area contributed by atoms with E-state index < -0.39 is 0 Å². The quantitative estimate of drug-likeness (QED) is 0.423. The van der Waals surface area contributed by atoms with Gasteiger partial charge in [-0.1, -0.05) is 0 Å². The molecule has 32 heavy (non-hydrogen) atoms. The van der Waals surface area contributed by atoms with Gasteiger partial charge in [-0.25, -0.2) is 29.9 Å². The van der Waals surface area contributed by atoms with Gasteiger partial charge in [0.25, 0.3) is 0 Å². The Morgan fingerprint density at radius 2 is 1.19 bits per heavy atom. The number of nitriles is 2. The molecule has 0 spiro atoms. The van der Waals surface area contributed by atoms with Crippen LogP contribution in [0.2, 0.25) is 0 Å². The van der Waals surface area contributed by atoms with Gasteiger partial charge in [0.05, 0.1) is 13.6 Å². The van der Waals surface area contributed by atoms with E-state index in [0.717, 1.165) is 0 Å². The molecule has 0 saturated heterocycles. The molecule has 0 unspecified atom stereocenters. The van der Waals surface area contributed by atoms with Gasteiger partial charge in [0.1, 0.15) is 60.7 Å². The van der Waals surface area contributed by atoms with Gasteiger partial charge in [0.15, 0.2) is 11.6 Å². The zero-order valence-electron chi connectivity index (χ0n) is 15.8. The smallest absolute Gasteiger partial charge is 0.225 e. The summed E-state index contributed by atoms with van der Waals surface area (Å²) >= 11 is 2.42. The van der Waals surface area contributed by atoms with Crippen LogP contribution >= 0.6 is 22.7 Å². The first-order valence-electron chi connectivity index (χ1n) is 8.52. The number of aromatic nitrogens is 6. The van der Waals surface area contributed by atoms with E-state index in [4.69, 9.17) is 13.1 Å². The summed E-state index contributed by atoms with van der Waals surface area (Å²) < 4.78 is 2.19. The summed E-state index contributed by atoms with van der Waals surface area (Å²) in [4.78, 5) is 31.1. The number of thiophene rings is 2. The van der Waals surface area contributed by atoms with Gasteiger partial charge in [-0.15, -0.1) is 22.7 Å². The van der Waals surface area contributed by atoms with Crippen molar-refractivity contribution in [3.63, 3.8) is 0 Å². The molecular weight excluding hydrogens is 444 g/mol. The molecule has 12 heteroatoms. The molecule has 0 aliphatic carbocycles. The fraction of sp³-hybridized carbons (Fsp3) is 0. The maximum absolute atomic E-state index is 9.36. The molecule has 0 saturated carbocycles. The molecule has 4 rings (SSSR count). The van der Waals surface area contributed by atoms with Crippen LogP contribution < -0.4 is 9.06 Å². The lowest BCUT2D eigenvalue weighted by molar-refractivity contribution is 1.05. The highest BCUT2D eigenvalue weighted by Gasteiger charge is 2.16. The molecule has 0 aromatic carbocycles. The van der Waals surface area contributed by atoms with Crippen LogP contribution in [-0.2, 0) is 0 Å². The second-order valence-corrected chi connectivity index (χ2v) is 7.88. The summed E-state index contributed by atoms with van der Waals surface area (Å²) in [5, 5.41) is 18.7. The molecular formula is C20H6N10S2. The van der Waals surface area contributed by atoms with Gasteiger partial charge >= 0.3 is 5.82 Å². The minimum atomic E-state index is -0.0867. The SMILES string of the molecule is [C-]#[N+]C([N+]#[C-])=c1cc(-c2ncncn2)/c(=c2\sc(=C(C#N)C#N)cc2-c2ncncn2)s1. The van der Waals surface area contributed by atoms with E-state index in [2.05, 4.69) is 39.6 Å². The van der Waals surface area contributed by atoms with Crippen LogP contribution in [-0.4, -0.2) is 29.9 Å². The maximum Gasteiger partial charge on any atom is 0.536 e. The predicted octanol–water partition coefficient (Wildman–Crippen LogP) is 1.90. The van der Waals surface area contributed by atoms with Gasteiger partial charge in [-0.3, -0.25) is 0 Å². The molecule has 4 aromatic heterocycles. The summed E-state index contributed by atoms with van der Waals surface area (Å²) in [6.45, 7) is 14.6. The second kappa shape index (κ2) is 8.86. The van der Waals surface area contributed by atoms with E-state index in [9.17, 15) is 10.5 Å². The number of rotatable bonds is 2. The molecule has 0 aliphatic rings. The molecule has 0 bridgehead atoms. The van der Waals surface area contributed by atoms with Crippen molar-refractivity contribution in [2.75, 3.05) is 0 Å². The Morgan fingerprint density at radius 3 is 1.62 bits per heavy atom. The Morgan fingerprint density at radius 1 is 0.750 bits per heavy atom. The van der Waals surface area contributed by atoms with Crippen molar-refractivity contribution < 1.29 is 0 Å². The predicted molar refractivity (Wildman–Crippen MR) is 114 cm³/mol. The first kappa shape index (κ1) is 20.4. The van der Waals surface area contributed by atoms with Crippen LogP contribution in [0.3, 0.4) is 0 Å². The second-order valence-electron chi connectivity index (χ2n) is 5.78. The largest absolute Gasteiger partial charge is 0.536 e. The lowest BCUT2D eigenvalue weighted by Gasteiger charge is -1.96. The molecule has 0 radical (unpaired) electrons. The Bertz CT molecular complexity index is 1550. The first-order valence-corrected chi connectivity index (χ1v) is 10.2. The number of hydrogen-bond donors (Lipinski definition) is 0. The summed E-state index contributed by atoms with van der Waals surface area (Å²) in [6.07, 6.45) is 5.39. The Balaban J connectivity index is 2.30. The van der Waals surface area contributed by atoms with Crippen LogP contribution in [0.15, 0.2) is 37.4 Å². The van der Waals surface area contributed by atoms with Crippen molar-refractivity contribution in [1.29, 1.82) is 10.5 Å². The van der Waals surface area contributed by atoms with Crippen molar-refractivity contribution in [1.82, 2.24) is 29.9 Å². The standard InChI is InChI=1S/C20H6N10S2/c1-23-20(24-2)15-4-13(19-29-9-26-10-30-19)17(32-15)16-12(18-27-7-25-8-28-18)3-14(31-16)11(5-21)6-22/h3-4,7-10H/b17-16+. The Hall–Kier alpha value is -4.88. The average Bonchev–Trinajstić information content (AvgIpc) is 3.47. The molecule has 148 valence electrons. The van der Waals surface area contributed by atoms with Crippen LogP contribution in [0, 0.1) is 44.9 Å². The van der Waals surface area contributed by atoms with Gasteiger partial charge < -0.3 is 0 Å². The lowest BCUT2D eigenvalue weighted by atomic mass is 10.2. The fourth-order valence-electron chi connectivity index (χ4n) is 2.71. The van der Waals surface area contributed by atoms with Crippen molar-refractivity contribution >= 4 is 34.1 Å². The Kier molecular flexibility index (Phi) is 5.65. The third-order valence-corrected chi connectivity index (χ3v) is 6.49. The van der Waals surface area contributed by atoms with Crippen LogP contribution in [0.25, 0.3) is 43.9 Å². The third-order valence-electron chi connectivity index (χ3n) is 4.04. The number of nitrogens with zero attached hydrogens (tertiary/aromatic N) is 10. The molecule has 0 N–H and O–H groups in total. The van der Waals surface area contributed by atoms with Crippen molar-refractivity contribution in [3.05, 3.63) is 78.4 Å². The highest BCUT2D eigenvalue weighted by atomic mass is 32.1. The molecule has 4 heterocycles. The first-order chi connectivity index (χ1) is 15.7. The topological polar surface area (TPSA) is 134 Å². The van der Waals surface area contributed by atoms with Gasteiger partial charge in [-0.2, -0.15) is 20.2 Å². The van der Waals surface area contributed by atoms with Crippen molar-refractivity contribution in [2.24, 2.45) is 0 Å². The van der Waals surface area contributed by atoms with Crippen molar-refractivity contribution in [2.45, 2.75) is 0 Å². The van der Waals surface area contributed by atoms with Crippen LogP contribution in [0.5, 0.6) is 0 Å². The van der Waals surface area contributed by atoms with Crippen LogP contribution in [0.1, 0.15) is 0 Å². The van der Waals surface area contributed by atoms with E-state index in [0.29, 0.717) is 40.9 Å². The van der Waals surface area contributed by atoms with E-state index in [1.165, 1.54) is 48.0 Å². The summed E-state index contributed by atoms with van der Waals surface area (Å²) in [5.74, 6) is 0.619. The lowest BCUT2D eigenvalue weighted by Crippen LogP contribution is -1.95. The van der Waals surface area contributed by atoms with E-state index in [1.54, 1.807) is 12.1 Å². The Labute approximate surface area is 187 Å². The minimum Gasteiger partial charge on any atom is -0.225 e. The van der Waals surface area contributed by atoms with Gasteiger partial charge in [-0.05, 0) is 12.1 Å². The summed E-state index contributed by atoms with van der Waals surface area (Å²) in [7, 11) is 0. The van der Waals surface area contributed by atoms with E-state index in [-0.39, 0.29) is 11.4 Å². The highest BCUT2D eigenvalue weighted by Crippen LogP contribution is 2.25. The molecule has 0 amide bonds. The van der Waals surface area contributed by atoms with Crippen LogP contribution in [0.4, 0.5) is 0 Å². The molecule has 4 aromatic rings. The normalized spacial score (nSPS) is 10.9. The number of hydrogen-bond acceptors (Lipinski definition) is 10. The fourth-order valence-corrected chi connectivity index (χ4v) is 5.06. The molecule has 0 aliphatic heterocycles. The maximum atomic E-state index is 9.36. The monoisotopic (exact) mass is 450 g/mol. The van der Waals surface area contributed by atoms with Gasteiger partial charge in [0.2, 0.25) is 0 Å². The highest BCUT2D eigenvalue weighted by molar-refractivity contribution is 7.12. The summed E-state index contributed by atoms with van der Waals surface area (Å²) in [6, 6.07) is 7.14. The molecule has 10 nitrogen and oxygen atoms in total. The summed E-state index contributed by atoms with van der Waals surface area (Å²) in [5.41, 5.74) is 1.10. The molecule has 0 fully saturated rings. The van der Waals surface area contributed by atoms with E-state index >= 15 is 0 Å². The average molecular weight is 450 g/mol. The van der Waals surface area contributed by atoms with E-state index in [1.807, 2.05) is 12.1 Å². The molecule has 0 atom stereocenters. The minimum absolute atomic E-state index is 0.0513. The third kappa shape index (κ3) is 3.67. The zero-order chi connectivity index (χ0) is 22.5. The van der Waals surface area contributed by atoms with Crippen molar-refractivity contribution in [3.8, 4) is 34.9 Å². The zero-order valence-corrected chi connectivity index (χ0v) is 17.4. The van der Waals surface area contributed by atoms with Gasteiger partial charge in [0, 0.05) is 11.1 Å².